The van der Waals surface area contributed by atoms with Gasteiger partial charge in [-0.15, -0.1) is 0 Å². The number of fused-ring (bicyclic) bond motifs is 2. The summed E-state index contributed by atoms with van der Waals surface area (Å²) in [5, 5.41) is 4.37. The number of amides is 1. The highest BCUT2D eigenvalue weighted by atomic mass is 16.6. The standard InChI is InChI=1S/C28H30N2O6/c1-15-16(2)25(31)35-24-17(3)23(12-11-19(15)24)34-26(32)22(30-27(33)36-28(4,5)6)13-18-14-29-21-10-8-7-9-20(18)21/h7-12,14,22,29H,13H2,1-6H3,(H,30,33). The van der Waals surface area contributed by atoms with E-state index in [1.165, 1.54) is 0 Å². The van der Waals surface area contributed by atoms with Crippen LogP contribution in [0.15, 0.2) is 51.8 Å². The number of H-pyrrole nitrogens is 1. The summed E-state index contributed by atoms with van der Waals surface area (Å²) in [4.78, 5) is 41.3. The molecule has 36 heavy (non-hydrogen) atoms. The van der Waals surface area contributed by atoms with Crippen LogP contribution in [-0.2, 0) is 16.0 Å². The number of esters is 1. The van der Waals surface area contributed by atoms with Gasteiger partial charge in [-0.1, -0.05) is 18.2 Å². The smallest absolute Gasteiger partial charge is 0.408 e. The first-order chi connectivity index (χ1) is 16.9. The molecule has 0 spiro atoms. The minimum atomic E-state index is -1.03. The largest absolute Gasteiger partial charge is 0.444 e. The summed E-state index contributed by atoms with van der Waals surface area (Å²) in [5.74, 6) is -0.423. The first-order valence-corrected chi connectivity index (χ1v) is 11.7. The molecule has 0 saturated heterocycles. The fourth-order valence-corrected chi connectivity index (χ4v) is 4.08. The van der Waals surface area contributed by atoms with Crippen LogP contribution in [-0.4, -0.2) is 28.7 Å². The average Bonchev–Trinajstić information content (AvgIpc) is 3.21. The van der Waals surface area contributed by atoms with E-state index in [1.807, 2.05) is 37.4 Å². The molecular weight excluding hydrogens is 460 g/mol. The molecule has 0 fully saturated rings. The zero-order chi connectivity index (χ0) is 26.2. The van der Waals surface area contributed by atoms with Gasteiger partial charge in [-0.25, -0.2) is 14.4 Å². The molecular formula is C28H30N2O6. The Balaban J connectivity index is 1.66. The number of ether oxygens (including phenoxy) is 2. The summed E-state index contributed by atoms with van der Waals surface area (Å²) in [6.07, 6.45) is 1.27. The molecule has 0 radical (unpaired) electrons. The molecule has 4 aromatic rings. The first-order valence-electron chi connectivity index (χ1n) is 11.7. The second-order valence-corrected chi connectivity index (χ2v) is 9.89. The molecule has 0 aliphatic heterocycles. The lowest BCUT2D eigenvalue weighted by molar-refractivity contribution is -0.136. The lowest BCUT2D eigenvalue weighted by Crippen LogP contribution is -2.46. The number of nitrogens with one attached hydrogen (secondary N) is 2. The fourth-order valence-electron chi connectivity index (χ4n) is 4.08. The van der Waals surface area contributed by atoms with E-state index in [4.69, 9.17) is 13.9 Å². The van der Waals surface area contributed by atoms with Crippen molar-refractivity contribution in [3.63, 3.8) is 0 Å². The van der Waals surface area contributed by atoms with Gasteiger partial charge in [-0.2, -0.15) is 0 Å². The molecule has 2 N–H and O–H groups in total. The van der Waals surface area contributed by atoms with E-state index < -0.39 is 29.3 Å². The van der Waals surface area contributed by atoms with E-state index in [2.05, 4.69) is 10.3 Å². The maximum Gasteiger partial charge on any atom is 0.408 e. The molecule has 4 rings (SSSR count). The van der Waals surface area contributed by atoms with Crippen molar-refractivity contribution < 1.29 is 23.5 Å². The van der Waals surface area contributed by atoms with Gasteiger partial charge in [-0.05, 0) is 70.9 Å². The molecule has 0 bridgehead atoms. The van der Waals surface area contributed by atoms with E-state index in [1.54, 1.807) is 46.8 Å². The van der Waals surface area contributed by atoms with Gasteiger partial charge in [0.15, 0.2) is 0 Å². The Kier molecular flexibility index (Phi) is 6.63. The van der Waals surface area contributed by atoms with Crippen molar-refractivity contribution in [2.45, 2.75) is 59.6 Å². The summed E-state index contributed by atoms with van der Waals surface area (Å²) in [5.41, 5.74) is 2.82. The van der Waals surface area contributed by atoms with Crippen LogP contribution in [0.2, 0.25) is 0 Å². The Morgan fingerprint density at radius 3 is 2.44 bits per heavy atom. The summed E-state index contributed by atoms with van der Waals surface area (Å²) in [6, 6.07) is 10.1. The quantitative estimate of drug-likeness (QED) is 0.225. The highest BCUT2D eigenvalue weighted by molar-refractivity contribution is 5.89. The molecule has 2 heterocycles. The summed E-state index contributed by atoms with van der Waals surface area (Å²) < 4.78 is 16.6. The number of aryl methyl sites for hydroxylation is 2. The average molecular weight is 491 g/mol. The summed E-state index contributed by atoms with van der Waals surface area (Å²) in [7, 11) is 0. The topological polar surface area (TPSA) is 111 Å². The maximum atomic E-state index is 13.4. The normalized spacial score (nSPS) is 12.5. The Hall–Kier alpha value is -4.07. The zero-order valence-corrected chi connectivity index (χ0v) is 21.3. The van der Waals surface area contributed by atoms with Gasteiger partial charge in [0.25, 0.3) is 0 Å². The Morgan fingerprint density at radius 1 is 1.00 bits per heavy atom. The van der Waals surface area contributed by atoms with Crippen LogP contribution in [0.1, 0.15) is 43.0 Å². The van der Waals surface area contributed by atoms with E-state index >= 15 is 0 Å². The van der Waals surface area contributed by atoms with Crippen molar-refractivity contribution >= 4 is 33.9 Å². The van der Waals surface area contributed by atoms with Crippen LogP contribution in [0.3, 0.4) is 0 Å². The SMILES string of the molecule is Cc1c(C)c2ccc(OC(=O)C(Cc3c[nH]c4ccccc34)NC(=O)OC(C)(C)C)c(C)c2oc1=O. The van der Waals surface area contributed by atoms with Gasteiger partial charge < -0.3 is 24.2 Å². The Labute approximate surface area is 208 Å². The predicted octanol–water partition coefficient (Wildman–Crippen LogP) is 5.24. The molecule has 188 valence electrons. The third-order valence-corrected chi connectivity index (χ3v) is 6.11. The van der Waals surface area contributed by atoms with Gasteiger partial charge in [0, 0.05) is 40.0 Å². The van der Waals surface area contributed by atoms with Crippen LogP contribution >= 0.6 is 0 Å². The van der Waals surface area contributed by atoms with Crippen molar-refractivity contribution in [3.8, 4) is 5.75 Å². The molecule has 2 aromatic carbocycles. The van der Waals surface area contributed by atoms with Crippen LogP contribution in [0.4, 0.5) is 4.79 Å². The number of carbonyl (C=O) groups excluding carboxylic acids is 2. The van der Waals surface area contributed by atoms with Crippen LogP contribution in [0.25, 0.3) is 21.9 Å². The summed E-state index contributed by atoms with van der Waals surface area (Å²) in [6.45, 7) is 10.5. The van der Waals surface area contributed by atoms with E-state index in [0.29, 0.717) is 16.7 Å². The number of rotatable bonds is 5. The highest BCUT2D eigenvalue weighted by Gasteiger charge is 2.28. The van der Waals surface area contributed by atoms with Gasteiger partial charge in [0.2, 0.25) is 0 Å². The number of carbonyl (C=O) groups is 2. The molecule has 2 aromatic heterocycles. The number of aromatic amines is 1. The maximum absolute atomic E-state index is 13.4. The van der Waals surface area contributed by atoms with Crippen molar-refractivity contribution in [2.75, 3.05) is 0 Å². The number of aromatic nitrogens is 1. The second kappa shape index (κ2) is 9.53. The third-order valence-electron chi connectivity index (χ3n) is 6.11. The predicted molar refractivity (Wildman–Crippen MR) is 137 cm³/mol. The first kappa shape index (κ1) is 25.0. The second-order valence-electron chi connectivity index (χ2n) is 9.89. The molecule has 0 aliphatic rings. The Morgan fingerprint density at radius 2 is 1.72 bits per heavy atom. The molecule has 1 amide bonds. The van der Waals surface area contributed by atoms with E-state index in [9.17, 15) is 14.4 Å². The van der Waals surface area contributed by atoms with Crippen molar-refractivity contribution in [1.29, 1.82) is 0 Å². The monoisotopic (exact) mass is 490 g/mol. The van der Waals surface area contributed by atoms with Crippen LogP contribution < -0.4 is 15.7 Å². The summed E-state index contributed by atoms with van der Waals surface area (Å²) >= 11 is 0. The van der Waals surface area contributed by atoms with Gasteiger partial charge in [0.05, 0.1) is 0 Å². The minimum absolute atomic E-state index is 0.183. The number of hydrogen-bond acceptors (Lipinski definition) is 6. The van der Waals surface area contributed by atoms with E-state index in [-0.39, 0.29) is 12.2 Å². The van der Waals surface area contributed by atoms with E-state index in [0.717, 1.165) is 27.4 Å². The van der Waals surface area contributed by atoms with Gasteiger partial charge in [0.1, 0.15) is 23.0 Å². The lowest BCUT2D eigenvalue weighted by Gasteiger charge is -2.23. The number of benzene rings is 2. The van der Waals surface area contributed by atoms with Gasteiger partial charge >= 0.3 is 17.7 Å². The number of hydrogen-bond donors (Lipinski definition) is 2. The minimum Gasteiger partial charge on any atom is -0.444 e. The van der Waals surface area contributed by atoms with Crippen molar-refractivity contribution in [3.05, 3.63) is 75.3 Å². The molecule has 8 heteroatoms. The Bertz CT molecular complexity index is 1520. The number of para-hydroxylation sites is 1. The third kappa shape index (κ3) is 5.12. The van der Waals surface area contributed by atoms with Gasteiger partial charge in [-0.3, -0.25) is 0 Å². The zero-order valence-electron chi connectivity index (χ0n) is 21.3. The van der Waals surface area contributed by atoms with Crippen LogP contribution in [0, 0.1) is 20.8 Å². The molecule has 1 atom stereocenters. The fraction of sp³-hybridized carbons (Fsp3) is 0.321. The molecule has 0 aliphatic carbocycles. The highest BCUT2D eigenvalue weighted by Crippen LogP contribution is 2.30. The molecule has 8 nitrogen and oxygen atoms in total. The molecule has 0 saturated carbocycles. The lowest BCUT2D eigenvalue weighted by atomic mass is 10.0. The van der Waals surface area contributed by atoms with Crippen molar-refractivity contribution in [1.82, 2.24) is 10.3 Å². The molecule has 1 unspecified atom stereocenters. The van der Waals surface area contributed by atoms with Crippen molar-refractivity contribution in [2.24, 2.45) is 0 Å². The van der Waals surface area contributed by atoms with Crippen LogP contribution in [0.5, 0.6) is 5.75 Å². The number of alkyl carbamates (subject to hydrolysis) is 1.